The number of nitrogens with zero attached hydrogens (tertiary/aromatic N) is 2. The third kappa shape index (κ3) is 2.50. The molecule has 0 saturated heterocycles. The van der Waals surface area contributed by atoms with E-state index in [4.69, 9.17) is 5.26 Å². The lowest BCUT2D eigenvalue weighted by molar-refractivity contribution is 1.23. The lowest BCUT2D eigenvalue weighted by Crippen LogP contribution is -2.01. The highest BCUT2D eigenvalue weighted by Crippen LogP contribution is 2.09. The van der Waals surface area contributed by atoms with E-state index in [-0.39, 0.29) is 0 Å². The van der Waals surface area contributed by atoms with E-state index in [2.05, 4.69) is 22.1 Å². The Hall–Kier alpha value is -2.00. The topological polar surface area (TPSA) is 48.7 Å². The molecule has 1 heterocycles. The number of pyridine rings is 1. The molecule has 0 fully saturated rings. The van der Waals surface area contributed by atoms with Gasteiger partial charge in [0.25, 0.3) is 0 Å². The van der Waals surface area contributed by atoms with E-state index in [1.54, 1.807) is 19.2 Å². The Labute approximate surface area is 77.4 Å². The second-order valence-corrected chi connectivity index (χ2v) is 2.29. The van der Waals surface area contributed by atoms with E-state index in [1.807, 2.05) is 12.1 Å². The second-order valence-electron chi connectivity index (χ2n) is 2.29. The zero-order valence-corrected chi connectivity index (χ0v) is 7.33. The summed E-state index contributed by atoms with van der Waals surface area (Å²) in [5, 5.41) is 11.7. The summed E-state index contributed by atoms with van der Waals surface area (Å²) in [6, 6.07) is 5.59. The van der Waals surface area contributed by atoms with Crippen molar-refractivity contribution in [3.8, 4) is 17.9 Å². The number of nitriles is 1. The van der Waals surface area contributed by atoms with Crippen molar-refractivity contribution in [1.29, 1.82) is 5.26 Å². The Bertz CT molecular complexity index is 379. The van der Waals surface area contributed by atoms with E-state index in [9.17, 15) is 0 Å². The molecule has 13 heavy (non-hydrogen) atoms. The molecule has 0 aromatic carbocycles. The minimum atomic E-state index is 0.403. The van der Waals surface area contributed by atoms with Crippen molar-refractivity contribution in [2.24, 2.45) is 0 Å². The predicted molar refractivity (Wildman–Crippen MR) is 50.9 cm³/mol. The van der Waals surface area contributed by atoms with Gasteiger partial charge in [-0.25, -0.2) is 4.98 Å². The Morgan fingerprint density at radius 1 is 1.62 bits per heavy atom. The molecular formula is C10H9N3. The molecule has 0 aliphatic heterocycles. The van der Waals surface area contributed by atoms with Crippen molar-refractivity contribution in [3.63, 3.8) is 0 Å². The SMILES string of the molecule is CC#CCNc1cccnc1C#N. The third-order valence-electron chi connectivity index (χ3n) is 1.46. The Morgan fingerprint density at radius 2 is 2.46 bits per heavy atom. The summed E-state index contributed by atoms with van der Waals surface area (Å²) >= 11 is 0. The van der Waals surface area contributed by atoms with Gasteiger partial charge in [0.05, 0.1) is 12.2 Å². The van der Waals surface area contributed by atoms with Crippen LogP contribution in [0.3, 0.4) is 0 Å². The van der Waals surface area contributed by atoms with Gasteiger partial charge in [-0.15, -0.1) is 5.92 Å². The molecule has 1 rings (SSSR count). The fourth-order valence-corrected chi connectivity index (χ4v) is 0.865. The van der Waals surface area contributed by atoms with Crippen LogP contribution in [0.15, 0.2) is 18.3 Å². The molecule has 0 amide bonds. The van der Waals surface area contributed by atoms with Crippen LogP contribution in [0.2, 0.25) is 0 Å². The summed E-state index contributed by atoms with van der Waals surface area (Å²) in [7, 11) is 0. The number of nitrogens with one attached hydrogen (secondary N) is 1. The molecule has 0 aliphatic rings. The maximum atomic E-state index is 8.69. The summed E-state index contributed by atoms with van der Waals surface area (Å²) < 4.78 is 0. The Morgan fingerprint density at radius 3 is 3.15 bits per heavy atom. The molecule has 0 atom stereocenters. The standard InChI is InChI=1S/C10H9N3/c1-2-3-6-12-9-5-4-7-13-10(9)8-11/h4-5,7,12H,6H2,1H3. The molecule has 0 aliphatic carbocycles. The van der Waals surface area contributed by atoms with Gasteiger partial charge in [-0.1, -0.05) is 5.92 Å². The van der Waals surface area contributed by atoms with Gasteiger partial charge < -0.3 is 5.32 Å². The third-order valence-corrected chi connectivity index (χ3v) is 1.46. The molecule has 64 valence electrons. The maximum absolute atomic E-state index is 8.69. The minimum Gasteiger partial charge on any atom is -0.372 e. The normalized spacial score (nSPS) is 8.00. The molecule has 0 saturated carbocycles. The Balaban J connectivity index is 2.75. The first-order chi connectivity index (χ1) is 6.38. The number of rotatable bonds is 2. The molecule has 0 unspecified atom stereocenters. The minimum absolute atomic E-state index is 0.403. The number of anilines is 1. The molecule has 1 N–H and O–H groups in total. The molecule has 1 aromatic heterocycles. The molecular weight excluding hydrogens is 162 g/mol. The largest absolute Gasteiger partial charge is 0.372 e. The molecule has 3 nitrogen and oxygen atoms in total. The molecule has 0 radical (unpaired) electrons. The predicted octanol–water partition coefficient (Wildman–Crippen LogP) is 1.39. The molecule has 0 bridgehead atoms. The molecule has 1 aromatic rings. The lowest BCUT2D eigenvalue weighted by atomic mass is 10.3. The summed E-state index contributed by atoms with van der Waals surface area (Å²) in [4.78, 5) is 3.90. The van der Waals surface area contributed by atoms with Crippen molar-refractivity contribution in [1.82, 2.24) is 4.98 Å². The maximum Gasteiger partial charge on any atom is 0.163 e. The molecule has 3 heteroatoms. The van der Waals surface area contributed by atoms with Gasteiger partial charge in [-0.05, 0) is 19.1 Å². The van der Waals surface area contributed by atoms with Crippen LogP contribution >= 0.6 is 0 Å². The van der Waals surface area contributed by atoms with Crippen LogP contribution in [0.1, 0.15) is 12.6 Å². The average Bonchev–Trinajstić information content (AvgIpc) is 2.19. The monoisotopic (exact) mass is 171 g/mol. The van der Waals surface area contributed by atoms with Gasteiger partial charge in [-0.2, -0.15) is 5.26 Å². The van der Waals surface area contributed by atoms with Crippen LogP contribution < -0.4 is 5.32 Å². The first kappa shape index (κ1) is 9.09. The quantitative estimate of drug-likeness (QED) is 0.684. The highest BCUT2D eigenvalue weighted by molar-refractivity contribution is 5.53. The van der Waals surface area contributed by atoms with Gasteiger partial charge in [-0.3, -0.25) is 0 Å². The Kier molecular flexibility index (Phi) is 3.35. The lowest BCUT2D eigenvalue weighted by Gasteiger charge is -2.01. The summed E-state index contributed by atoms with van der Waals surface area (Å²) in [6.07, 6.45) is 1.59. The van der Waals surface area contributed by atoms with Gasteiger partial charge in [0, 0.05) is 6.20 Å². The first-order valence-corrected chi connectivity index (χ1v) is 3.87. The van der Waals surface area contributed by atoms with E-state index >= 15 is 0 Å². The van der Waals surface area contributed by atoms with Crippen LogP contribution in [0.25, 0.3) is 0 Å². The first-order valence-electron chi connectivity index (χ1n) is 3.87. The van der Waals surface area contributed by atoms with Crippen molar-refractivity contribution in [2.45, 2.75) is 6.92 Å². The van der Waals surface area contributed by atoms with Gasteiger partial charge in [0.1, 0.15) is 6.07 Å². The van der Waals surface area contributed by atoms with E-state index in [0.717, 1.165) is 5.69 Å². The summed E-state index contributed by atoms with van der Waals surface area (Å²) in [5.74, 6) is 5.61. The zero-order chi connectivity index (χ0) is 9.52. The van der Waals surface area contributed by atoms with Crippen molar-refractivity contribution in [3.05, 3.63) is 24.0 Å². The summed E-state index contributed by atoms with van der Waals surface area (Å²) in [5.41, 5.74) is 1.13. The van der Waals surface area contributed by atoms with Gasteiger partial charge in [0.15, 0.2) is 5.69 Å². The summed E-state index contributed by atoms with van der Waals surface area (Å²) in [6.45, 7) is 2.31. The average molecular weight is 171 g/mol. The van der Waals surface area contributed by atoms with Crippen LogP contribution in [0.4, 0.5) is 5.69 Å². The van der Waals surface area contributed by atoms with Crippen LogP contribution in [-0.4, -0.2) is 11.5 Å². The van der Waals surface area contributed by atoms with Crippen molar-refractivity contribution in [2.75, 3.05) is 11.9 Å². The van der Waals surface area contributed by atoms with E-state index < -0.39 is 0 Å². The molecule has 0 spiro atoms. The van der Waals surface area contributed by atoms with Crippen molar-refractivity contribution >= 4 is 5.69 Å². The smallest absolute Gasteiger partial charge is 0.163 e. The van der Waals surface area contributed by atoms with Crippen molar-refractivity contribution < 1.29 is 0 Å². The number of hydrogen-bond donors (Lipinski definition) is 1. The van der Waals surface area contributed by atoms with Crippen LogP contribution in [0, 0.1) is 23.2 Å². The van der Waals surface area contributed by atoms with Gasteiger partial charge in [0.2, 0.25) is 0 Å². The van der Waals surface area contributed by atoms with Crippen LogP contribution in [-0.2, 0) is 0 Å². The highest BCUT2D eigenvalue weighted by atomic mass is 14.9. The number of hydrogen-bond acceptors (Lipinski definition) is 3. The fraction of sp³-hybridized carbons (Fsp3) is 0.200. The van der Waals surface area contributed by atoms with Gasteiger partial charge >= 0.3 is 0 Å². The van der Waals surface area contributed by atoms with E-state index in [0.29, 0.717) is 12.2 Å². The van der Waals surface area contributed by atoms with E-state index in [1.165, 1.54) is 0 Å². The van der Waals surface area contributed by atoms with Crippen LogP contribution in [0.5, 0.6) is 0 Å². The number of aromatic nitrogens is 1. The highest BCUT2D eigenvalue weighted by Gasteiger charge is 1.98. The fourth-order valence-electron chi connectivity index (χ4n) is 0.865. The second kappa shape index (κ2) is 4.79. The zero-order valence-electron chi connectivity index (χ0n) is 7.33.